The van der Waals surface area contributed by atoms with Crippen molar-refractivity contribution in [1.29, 1.82) is 0 Å². The van der Waals surface area contributed by atoms with E-state index in [1.165, 1.54) is 0 Å². The Labute approximate surface area is 172 Å². The third-order valence-corrected chi connectivity index (χ3v) is 7.62. The number of benzene rings is 1. The molecule has 0 aliphatic carbocycles. The molecular weight excluding hydrogens is 529 g/mol. The molecule has 0 bridgehead atoms. The standard InChI is InChI=1S/C11H7Cl2F8NO4S3/c1-28(23,24)22-29(25,26)11(20,21)9(16,17)8(14,15)10(18,19)27-7-4-5(12)2-3-6(7)13/h2-4,22H,1H3. The fourth-order valence-electron chi connectivity index (χ4n) is 1.54. The molecule has 5 nitrogen and oxygen atoms in total. The second-order valence-corrected chi connectivity index (χ2v) is 10.9. The molecule has 18 heteroatoms. The van der Waals surface area contributed by atoms with Crippen LogP contribution < -0.4 is 4.13 Å². The number of halogens is 10. The molecule has 0 radical (unpaired) electrons. The van der Waals surface area contributed by atoms with Gasteiger partial charge in [0.2, 0.25) is 10.0 Å². The molecule has 168 valence electrons. The first kappa shape index (κ1) is 26.5. The van der Waals surface area contributed by atoms with Gasteiger partial charge in [0.05, 0.1) is 11.3 Å². The number of thioether (sulfide) groups is 1. The summed E-state index contributed by atoms with van der Waals surface area (Å²) in [6.45, 7) is 0. The first-order valence-corrected chi connectivity index (χ1v) is 11.4. The van der Waals surface area contributed by atoms with Crippen molar-refractivity contribution in [3.05, 3.63) is 28.2 Å². The fraction of sp³-hybridized carbons (Fsp3) is 0.455. The highest BCUT2D eigenvalue weighted by atomic mass is 35.5. The molecule has 29 heavy (non-hydrogen) atoms. The predicted octanol–water partition coefficient (Wildman–Crippen LogP) is 4.42. The number of sulfonamides is 2. The summed E-state index contributed by atoms with van der Waals surface area (Å²) in [6.07, 6.45) is -0.0808. The Morgan fingerprint density at radius 2 is 1.38 bits per heavy atom. The first-order valence-electron chi connectivity index (χ1n) is 6.47. The Kier molecular flexibility index (Phi) is 7.17. The van der Waals surface area contributed by atoms with Crippen LogP contribution in [0.15, 0.2) is 23.1 Å². The Morgan fingerprint density at radius 1 is 0.897 bits per heavy atom. The molecular formula is C11H7Cl2F8NO4S3. The van der Waals surface area contributed by atoms with Crippen molar-refractivity contribution >= 4 is 55.0 Å². The van der Waals surface area contributed by atoms with Gasteiger partial charge in [0, 0.05) is 9.92 Å². The molecule has 0 amide bonds. The van der Waals surface area contributed by atoms with E-state index in [4.69, 9.17) is 23.2 Å². The minimum absolute atomic E-state index is 0.0225. The quantitative estimate of drug-likeness (QED) is 0.393. The maximum absolute atomic E-state index is 13.9. The number of rotatable bonds is 8. The van der Waals surface area contributed by atoms with Crippen LogP contribution in [0.1, 0.15) is 0 Å². The molecule has 1 rings (SSSR count). The van der Waals surface area contributed by atoms with Gasteiger partial charge in [-0.15, -0.1) is 4.13 Å². The van der Waals surface area contributed by atoms with Crippen LogP contribution >= 0.6 is 35.0 Å². The zero-order valence-corrected chi connectivity index (χ0v) is 17.3. The average molecular weight is 536 g/mol. The van der Waals surface area contributed by atoms with Gasteiger partial charge in [-0.2, -0.15) is 35.1 Å². The van der Waals surface area contributed by atoms with Gasteiger partial charge in [0.15, 0.2) is 0 Å². The lowest BCUT2D eigenvalue weighted by atomic mass is 10.2. The van der Waals surface area contributed by atoms with Gasteiger partial charge in [-0.05, 0) is 30.0 Å². The molecule has 0 aliphatic rings. The van der Waals surface area contributed by atoms with Gasteiger partial charge < -0.3 is 0 Å². The van der Waals surface area contributed by atoms with E-state index in [2.05, 4.69) is 0 Å². The molecule has 0 aliphatic heterocycles. The first-order chi connectivity index (χ1) is 12.6. The number of hydrogen-bond acceptors (Lipinski definition) is 5. The molecule has 1 aromatic rings. The lowest BCUT2D eigenvalue weighted by Gasteiger charge is -2.35. The normalized spacial score (nSPS) is 14.9. The smallest absolute Gasteiger partial charge is 0.212 e. The molecule has 0 heterocycles. The monoisotopic (exact) mass is 535 g/mol. The largest absolute Gasteiger partial charge is 0.428 e. The van der Waals surface area contributed by atoms with E-state index in [1.54, 1.807) is 0 Å². The zero-order chi connectivity index (χ0) is 23.3. The van der Waals surface area contributed by atoms with E-state index < -0.39 is 64.1 Å². The van der Waals surface area contributed by atoms with E-state index >= 15 is 0 Å². The molecule has 0 saturated heterocycles. The van der Waals surface area contributed by atoms with Crippen LogP contribution in [0.2, 0.25) is 10.0 Å². The second-order valence-electron chi connectivity index (χ2n) is 5.22. The summed E-state index contributed by atoms with van der Waals surface area (Å²) >= 11 is 9.48. The average Bonchev–Trinajstić information content (AvgIpc) is 2.47. The number of nitrogens with one attached hydrogen (secondary N) is 1. The van der Waals surface area contributed by atoms with Gasteiger partial charge >= 0.3 is 22.4 Å². The van der Waals surface area contributed by atoms with E-state index in [9.17, 15) is 52.0 Å². The molecule has 1 aromatic carbocycles. The SMILES string of the molecule is CS(=O)(=O)NS(=O)(=O)C(F)(F)C(F)(F)C(F)(F)C(F)(F)Sc1cc(Cl)ccc1Cl. The van der Waals surface area contributed by atoms with Gasteiger partial charge in [-0.1, -0.05) is 23.2 Å². The van der Waals surface area contributed by atoms with Gasteiger partial charge in [-0.3, -0.25) is 0 Å². The van der Waals surface area contributed by atoms with E-state index in [-0.39, 0.29) is 15.4 Å². The van der Waals surface area contributed by atoms with Crippen molar-refractivity contribution in [1.82, 2.24) is 4.13 Å². The summed E-state index contributed by atoms with van der Waals surface area (Å²) in [4.78, 5) is -1.01. The molecule has 0 saturated carbocycles. The Morgan fingerprint density at radius 3 is 1.83 bits per heavy atom. The van der Waals surface area contributed by atoms with Gasteiger partial charge in [0.1, 0.15) is 0 Å². The third-order valence-electron chi connectivity index (χ3n) is 2.86. The second kappa shape index (κ2) is 7.85. The molecule has 1 N–H and O–H groups in total. The summed E-state index contributed by atoms with van der Waals surface area (Å²) < 4.78 is 154. The minimum atomic E-state index is -7.28. The molecule has 0 atom stereocenters. The van der Waals surface area contributed by atoms with Crippen LogP contribution in [0, 0.1) is 0 Å². The van der Waals surface area contributed by atoms with Gasteiger partial charge in [-0.25, -0.2) is 16.8 Å². The van der Waals surface area contributed by atoms with Gasteiger partial charge in [0.25, 0.3) is 10.0 Å². The van der Waals surface area contributed by atoms with Crippen LogP contribution in [-0.2, 0) is 20.0 Å². The highest BCUT2D eigenvalue weighted by molar-refractivity contribution is 8.04. The van der Waals surface area contributed by atoms with Crippen LogP contribution in [0.4, 0.5) is 35.1 Å². The summed E-state index contributed by atoms with van der Waals surface area (Å²) in [6, 6.07) is 2.36. The van der Waals surface area contributed by atoms with E-state index in [0.717, 1.165) is 12.1 Å². The Hall–Kier alpha value is -0.550. The van der Waals surface area contributed by atoms with Crippen LogP contribution in [0.5, 0.6) is 0 Å². The highest BCUT2D eigenvalue weighted by Crippen LogP contribution is 2.59. The van der Waals surface area contributed by atoms with Crippen molar-refractivity contribution in [2.75, 3.05) is 6.26 Å². The van der Waals surface area contributed by atoms with Crippen molar-refractivity contribution < 1.29 is 52.0 Å². The van der Waals surface area contributed by atoms with Crippen molar-refractivity contribution in [3.63, 3.8) is 0 Å². The lowest BCUT2D eigenvalue weighted by Crippen LogP contribution is -2.65. The number of alkyl halides is 8. The van der Waals surface area contributed by atoms with Crippen LogP contribution in [-0.4, -0.2) is 45.4 Å². The summed E-state index contributed by atoms with van der Waals surface area (Å²) in [5, 5.41) is -14.1. The van der Waals surface area contributed by atoms with Crippen molar-refractivity contribution in [2.24, 2.45) is 0 Å². The third kappa shape index (κ3) is 5.03. The lowest BCUT2D eigenvalue weighted by molar-refractivity contribution is -0.324. The molecule has 0 fully saturated rings. The summed E-state index contributed by atoms with van der Waals surface area (Å²) in [5.74, 6) is -14.3. The molecule has 0 unspecified atom stereocenters. The van der Waals surface area contributed by atoms with Crippen molar-refractivity contribution in [2.45, 2.75) is 27.2 Å². The van der Waals surface area contributed by atoms with Crippen LogP contribution in [0.25, 0.3) is 0 Å². The fourth-order valence-corrected chi connectivity index (χ4v) is 5.38. The van der Waals surface area contributed by atoms with Crippen LogP contribution in [0.3, 0.4) is 0 Å². The maximum atomic E-state index is 13.9. The molecule has 0 aromatic heterocycles. The minimum Gasteiger partial charge on any atom is -0.212 e. The maximum Gasteiger partial charge on any atom is 0.428 e. The Balaban J connectivity index is 3.48. The number of hydrogen-bond donors (Lipinski definition) is 1. The topological polar surface area (TPSA) is 80.3 Å². The molecule has 0 spiro atoms. The van der Waals surface area contributed by atoms with E-state index in [0.29, 0.717) is 6.07 Å². The summed E-state index contributed by atoms with van der Waals surface area (Å²) in [5.41, 5.74) is 0. The summed E-state index contributed by atoms with van der Waals surface area (Å²) in [7, 11) is -12.3. The highest BCUT2D eigenvalue weighted by Gasteiger charge is 2.84. The Bertz CT molecular complexity index is 1000. The predicted molar refractivity (Wildman–Crippen MR) is 89.0 cm³/mol. The van der Waals surface area contributed by atoms with Crippen molar-refractivity contribution in [3.8, 4) is 0 Å². The zero-order valence-electron chi connectivity index (χ0n) is 13.4. The van der Waals surface area contributed by atoms with E-state index in [1.807, 2.05) is 0 Å².